The third-order valence-corrected chi connectivity index (χ3v) is 3.74. The number of aliphatic imine (C=N–C) groups is 1. The van der Waals surface area contributed by atoms with Crippen molar-refractivity contribution in [3.05, 3.63) is 29.8 Å². The van der Waals surface area contributed by atoms with E-state index in [-0.39, 0.29) is 5.54 Å². The molecule has 0 spiro atoms. The predicted molar refractivity (Wildman–Crippen MR) is 68.5 cm³/mol. The summed E-state index contributed by atoms with van der Waals surface area (Å²) in [6, 6.07) is 8.24. The zero-order valence-electron chi connectivity index (χ0n) is 10.3. The molecule has 0 radical (unpaired) electrons. The zero-order valence-corrected chi connectivity index (χ0v) is 10.3. The molecule has 3 rings (SSSR count). The van der Waals surface area contributed by atoms with Crippen LogP contribution in [0.25, 0.3) is 0 Å². The second kappa shape index (κ2) is 4.56. The molecule has 4 heteroatoms. The molecule has 0 amide bonds. The second-order valence-electron chi connectivity index (χ2n) is 4.85. The molecule has 1 aliphatic carbocycles. The van der Waals surface area contributed by atoms with Crippen LogP contribution in [0.4, 0.5) is 5.69 Å². The van der Waals surface area contributed by atoms with Gasteiger partial charge >= 0.3 is 0 Å². The first-order valence-corrected chi connectivity index (χ1v) is 6.37. The third-order valence-electron chi connectivity index (χ3n) is 3.74. The zero-order chi connectivity index (χ0) is 12.4. The topological polar surface area (TPSA) is 41.9 Å². The van der Waals surface area contributed by atoms with Crippen molar-refractivity contribution in [1.82, 2.24) is 0 Å². The molecule has 1 aromatic carbocycles. The molecule has 4 nitrogen and oxygen atoms in total. The van der Waals surface area contributed by atoms with Gasteiger partial charge in [0.2, 0.25) is 6.08 Å². The van der Waals surface area contributed by atoms with E-state index in [0.29, 0.717) is 0 Å². The van der Waals surface area contributed by atoms with E-state index in [0.717, 1.165) is 44.7 Å². The van der Waals surface area contributed by atoms with Crippen molar-refractivity contribution in [3.63, 3.8) is 0 Å². The van der Waals surface area contributed by atoms with Crippen LogP contribution in [0.15, 0.2) is 29.3 Å². The fraction of sp³-hybridized carbons (Fsp3) is 0.500. The van der Waals surface area contributed by atoms with Gasteiger partial charge in [0, 0.05) is 24.3 Å². The Labute approximate surface area is 106 Å². The Morgan fingerprint density at radius 2 is 1.94 bits per heavy atom. The van der Waals surface area contributed by atoms with Gasteiger partial charge in [-0.05, 0) is 18.9 Å². The highest BCUT2D eigenvalue weighted by atomic mass is 16.5. The number of rotatable bonds is 3. The van der Waals surface area contributed by atoms with Crippen molar-refractivity contribution in [2.24, 2.45) is 4.99 Å². The molecule has 0 bridgehead atoms. The summed E-state index contributed by atoms with van der Waals surface area (Å²) in [6.07, 6.45) is 3.63. The van der Waals surface area contributed by atoms with Crippen LogP contribution in [-0.2, 0) is 15.1 Å². The number of nitrogens with zero attached hydrogens (tertiary/aromatic N) is 2. The van der Waals surface area contributed by atoms with Crippen molar-refractivity contribution in [2.75, 3.05) is 31.2 Å². The molecule has 1 saturated heterocycles. The van der Waals surface area contributed by atoms with Crippen molar-refractivity contribution in [3.8, 4) is 0 Å². The first-order chi connectivity index (χ1) is 8.86. The summed E-state index contributed by atoms with van der Waals surface area (Å²) < 4.78 is 5.38. The van der Waals surface area contributed by atoms with E-state index in [4.69, 9.17) is 4.74 Å². The van der Waals surface area contributed by atoms with Gasteiger partial charge in [0.1, 0.15) is 5.54 Å². The number of morpholine rings is 1. The molecule has 0 unspecified atom stereocenters. The molecule has 1 aromatic rings. The molecule has 18 heavy (non-hydrogen) atoms. The monoisotopic (exact) mass is 244 g/mol. The summed E-state index contributed by atoms with van der Waals surface area (Å²) in [6.45, 7) is 3.33. The Hall–Kier alpha value is -1.64. The van der Waals surface area contributed by atoms with Crippen molar-refractivity contribution < 1.29 is 9.53 Å². The van der Waals surface area contributed by atoms with Crippen LogP contribution >= 0.6 is 0 Å². The van der Waals surface area contributed by atoms with Gasteiger partial charge in [-0.3, -0.25) is 0 Å². The maximum Gasteiger partial charge on any atom is 0.235 e. The number of para-hydroxylation sites is 1. The second-order valence-corrected chi connectivity index (χ2v) is 4.85. The van der Waals surface area contributed by atoms with Crippen molar-refractivity contribution in [1.29, 1.82) is 0 Å². The maximum atomic E-state index is 10.6. The average Bonchev–Trinajstić information content (AvgIpc) is 3.21. The molecule has 1 saturated carbocycles. The highest BCUT2D eigenvalue weighted by Gasteiger charge is 2.46. The number of hydrogen-bond acceptors (Lipinski definition) is 4. The van der Waals surface area contributed by atoms with Crippen LogP contribution in [0.3, 0.4) is 0 Å². The smallest absolute Gasteiger partial charge is 0.235 e. The predicted octanol–water partition coefficient (Wildman–Crippen LogP) is 1.85. The lowest BCUT2D eigenvalue weighted by atomic mass is 10.0. The number of anilines is 1. The summed E-state index contributed by atoms with van der Waals surface area (Å²) in [4.78, 5) is 16.9. The quantitative estimate of drug-likeness (QED) is 0.602. The highest BCUT2D eigenvalue weighted by Crippen LogP contribution is 2.52. The summed E-state index contributed by atoms with van der Waals surface area (Å²) in [5, 5.41) is 0. The molecular weight excluding hydrogens is 228 g/mol. The summed E-state index contributed by atoms with van der Waals surface area (Å²) >= 11 is 0. The summed E-state index contributed by atoms with van der Waals surface area (Å²) in [5.74, 6) is 0. The van der Waals surface area contributed by atoms with Gasteiger partial charge in [0.05, 0.1) is 13.2 Å². The van der Waals surface area contributed by atoms with Crippen LogP contribution < -0.4 is 4.90 Å². The van der Waals surface area contributed by atoms with Crippen LogP contribution in [-0.4, -0.2) is 32.4 Å². The van der Waals surface area contributed by atoms with Gasteiger partial charge in [-0.25, -0.2) is 4.79 Å². The number of isocyanates is 1. The van der Waals surface area contributed by atoms with E-state index in [1.165, 1.54) is 5.69 Å². The molecule has 0 aromatic heterocycles. The molecule has 0 atom stereocenters. The minimum atomic E-state index is -0.295. The van der Waals surface area contributed by atoms with E-state index in [9.17, 15) is 4.79 Å². The standard InChI is InChI=1S/C14H16N2O2/c17-11-15-14(5-6-14)12-3-1-2-4-13(12)16-7-9-18-10-8-16/h1-4H,5-10H2. The lowest BCUT2D eigenvalue weighted by Gasteiger charge is -2.31. The largest absolute Gasteiger partial charge is 0.378 e. The average molecular weight is 244 g/mol. The highest BCUT2D eigenvalue weighted by molar-refractivity contribution is 5.59. The first kappa shape index (κ1) is 11.5. The van der Waals surface area contributed by atoms with Crippen LogP contribution in [0.5, 0.6) is 0 Å². The number of ether oxygens (including phenoxy) is 1. The molecular formula is C14H16N2O2. The SMILES string of the molecule is O=C=NC1(c2ccccc2N2CCOCC2)CC1. The van der Waals surface area contributed by atoms with E-state index >= 15 is 0 Å². The molecule has 0 N–H and O–H groups in total. The van der Waals surface area contributed by atoms with Gasteiger partial charge in [0.15, 0.2) is 0 Å². The molecule has 1 heterocycles. The molecule has 1 aliphatic heterocycles. The fourth-order valence-electron chi connectivity index (χ4n) is 2.59. The van der Waals surface area contributed by atoms with E-state index < -0.39 is 0 Å². The van der Waals surface area contributed by atoms with Crippen LogP contribution in [0, 0.1) is 0 Å². The minimum Gasteiger partial charge on any atom is -0.378 e. The lowest BCUT2D eigenvalue weighted by Crippen LogP contribution is -2.37. The molecule has 94 valence electrons. The Kier molecular flexibility index (Phi) is 2.90. The maximum absolute atomic E-state index is 10.6. The Balaban J connectivity index is 1.97. The normalized spacial score (nSPS) is 21.2. The van der Waals surface area contributed by atoms with E-state index in [1.54, 1.807) is 6.08 Å². The Morgan fingerprint density at radius 1 is 1.22 bits per heavy atom. The Morgan fingerprint density at radius 3 is 2.61 bits per heavy atom. The van der Waals surface area contributed by atoms with E-state index in [1.807, 2.05) is 12.1 Å². The van der Waals surface area contributed by atoms with Gasteiger partial charge in [0.25, 0.3) is 0 Å². The summed E-state index contributed by atoms with van der Waals surface area (Å²) in [7, 11) is 0. The van der Waals surface area contributed by atoms with Gasteiger partial charge in [-0.1, -0.05) is 18.2 Å². The number of benzene rings is 1. The first-order valence-electron chi connectivity index (χ1n) is 6.37. The number of carbonyl (C=O) groups excluding carboxylic acids is 1. The van der Waals surface area contributed by atoms with Gasteiger partial charge in [-0.2, -0.15) is 4.99 Å². The minimum absolute atomic E-state index is 0.295. The Bertz CT molecular complexity index is 484. The van der Waals surface area contributed by atoms with Crippen LogP contribution in [0.1, 0.15) is 18.4 Å². The van der Waals surface area contributed by atoms with Crippen LogP contribution in [0.2, 0.25) is 0 Å². The third kappa shape index (κ3) is 1.94. The van der Waals surface area contributed by atoms with Crippen molar-refractivity contribution >= 4 is 11.8 Å². The molecule has 2 fully saturated rings. The molecule has 2 aliphatic rings. The number of hydrogen-bond donors (Lipinski definition) is 0. The summed E-state index contributed by atoms with van der Waals surface area (Å²) in [5.41, 5.74) is 2.06. The fourth-order valence-corrected chi connectivity index (χ4v) is 2.59. The van der Waals surface area contributed by atoms with Gasteiger partial charge in [-0.15, -0.1) is 0 Å². The van der Waals surface area contributed by atoms with E-state index in [2.05, 4.69) is 22.0 Å². The van der Waals surface area contributed by atoms with Gasteiger partial charge < -0.3 is 9.64 Å². The van der Waals surface area contributed by atoms with Crippen molar-refractivity contribution in [2.45, 2.75) is 18.4 Å². The lowest BCUT2D eigenvalue weighted by molar-refractivity contribution is 0.122.